The van der Waals surface area contributed by atoms with Crippen molar-refractivity contribution in [3.05, 3.63) is 78.2 Å². The number of nitrogens with zero attached hydrogens (tertiary/aromatic N) is 1. The van der Waals surface area contributed by atoms with Crippen molar-refractivity contribution < 1.29 is 4.74 Å². The van der Waals surface area contributed by atoms with Gasteiger partial charge in [0.25, 0.3) is 11.1 Å². The molecule has 3 aromatic rings. The number of thioether (sulfide) groups is 1. The number of thiophene rings is 1. The second kappa shape index (κ2) is 9.78. The number of aromatic amines is 2. The van der Waals surface area contributed by atoms with Gasteiger partial charge < -0.3 is 19.6 Å². The summed E-state index contributed by atoms with van der Waals surface area (Å²) >= 11 is 3.38. The summed E-state index contributed by atoms with van der Waals surface area (Å²) in [7, 11) is 5.69. The van der Waals surface area contributed by atoms with Crippen LogP contribution in [0.3, 0.4) is 0 Å². The Bertz CT molecular complexity index is 1190. The highest BCUT2D eigenvalue weighted by atomic mass is 32.2. The van der Waals surface area contributed by atoms with Crippen LogP contribution in [0.25, 0.3) is 12.2 Å². The van der Waals surface area contributed by atoms with Crippen LogP contribution >= 0.6 is 23.1 Å². The molecule has 6 nitrogen and oxygen atoms in total. The Morgan fingerprint density at radius 2 is 1.66 bits per heavy atom. The highest BCUT2D eigenvalue weighted by Crippen LogP contribution is 2.27. The lowest BCUT2D eigenvalue weighted by molar-refractivity contribution is 0.415. The minimum absolute atomic E-state index is 0.212. The van der Waals surface area contributed by atoms with Crippen molar-refractivity contribution in [2.24, 2.45) is 0 Å². The Kier molecular flexibility index (Phi) is 7.13. The Hall–Kier alpha value is -2.55. The molecule has 2 aromatic heterocycles. The summed E-state index contributed by atoms with van der Waals surface area (Å²) in [6.45, 7) is 1.00. The predicted octanol–water partition coefficient (Wildman–Crippen LogP) is 1.44. The number of nitrogens with one attached hydrogen (secondary N) is 2. The van der Waals surface area contributed by atoms with E-state index in [9.17, 15) is 9.59 Å². The van der Waals surface area contributed by atoms with Gasteiger partial charge in [-0.05, 0) is 56.1 Å². The summed E-state index contributed by atoms with van der Waals surface area (Å²) in [5.41, 5.74) is 0.115. The zero-order valence-electron chi connectivity index (χ0n) is 16.5. The number of aromatic nitrogens is 2. The molecule has 0 saturated carbocycles. The van der Waals surface area contributed by atoms with Crippen LogP contribution in [0, 0.1) is 0 Å². The van der Waals surface area contributed by atoms with Crippen LogP contribution in [0.4, 0.5) is 0 Å². The van der Waals surface area contributed by atoms with E-state index in [0.29, 0.717) is 0 Å². The summed E-state index contributed by atoms with van der Waals surface area (Å²) in [6, 6.07) is 11.2. The monoisotopic (exact) mass is 429 g/mol. The van der Waals surface area contributed by atoms with Crippen LogP contribution < -0.4 is 26.6 Å². The van der Waals surface area contributed by atoms with E-state index in [2.05, 4.69) is 14.9 Å². The number of hydrogen-bond acceptors (Lipinski definition) is 6. The molecule has 0 bridgehead atoms. The fourth-order valence-electron chi connectivity index (χ4n) is 2.52. The highest BCUT2D eigenvalue weighted by Gasteiger charge is 2.02. The quantitative estimate of drug-likeness (QED) is 0.556. The molecular formula is C21H23N3O3S2. The molecule has 3 rings (SSSR count). The fourth-order valence-corrected chi connectivity index (χ4v) is 4.80. The number of H-pyrrole nitrogens is 2. The molecule has 0 unspecified atom stereocenters. The molecule has 0 amide bonds. The van der Waals surface area contributed by atoms with Gasteiger partial charge in [-0.25, -0.2) is 0 Å². The van der Waals surface area contributed by atoms with Crippen molar-refractivity contribution in [3.63, 3.8) is 0 Å². The highest BCUT2D eigenvalue weighted by molar-refractivity contribution is 8.01. The largest absolute Gasteiger partial charge is 0.497 e. The van der Waals surface area contributed by atoms with Gasteiger partial charge in [-0.15, -0.1) is 23.1 Å². The van der Waals surface area contributed by atoms with Crippen molar-refractivity contribution in [2.75, 3.05) is 33.5 Å². The molecule has 0 aliphatic carbocycles. The first-order chi connectivity index (χ1) is 13.9. The maximum atomic E-state index is 12.4. The molecule has 29 heavy (non-hydrogen) atoms. The van der Waals surface area contributed by atoms with E-state index in [1.165, 1.54) is 4.21 Å². The van der Waals surface area contributed by atoms with Crippen LogP contribution in [0.5, 0.6) is 5.75 Å². The standard InChI is InChI=1S/C21H23N3O3S2/c1-24(2)10-11-28-19-9-8-16(29-19)13-18-21(26)22-17(20(25)23-18)12-14-4-6-15(27-3)7-5-14/h4-9,12-13H,10-11H2,1-3H3,(H,22,26)(H,23,25)/b17-12+,18-13+. The van der Waals surface area contributed by atoms with E-state index < -0.39 is 0 Å². The Morgan fingerprint density at radius 1 is 1.00 bits per heavy atom. The number of rotatable bonds is 7. The Balaban J connectivity index is 1.85. The molecule has 2 heterocycles. The smallest absolute Gasteiger partial charge is 0.272 e. The minimum Gasteiger partial charge on any atom is -0.497 e. The molecule has 0 aliphatic heterocycles. The summed E-state index contributed by atoms with van der Waals surface area (Å²) in [4.78, 5) is 33.3. The topological polar surface area (TPSA) is 78.2 Å². The third-order valence-corrected chi connectivity index (χ3v) is 6.32. The maximum absolute atomic E-state index is 12.4. The number of ether oxygens (including phenoxy) is 1. The van der Waals surface area contributed by atoms with Gasteiger partial charge in [-0.1, -0.05) is 12.1 Å². The Morgan fingerprint density at radius 3 is 2.28 bits per heavy atom. The van der Waals surface area contributed by atoms with Gasteiger partial charge in [0, 0.05) is 17.2 Å². The maximum Gasteiger partial charge on any atom is 0.272 e. The van der Waals surface area contributed by atoms with Gasteiger partial charge in [0.05, 0.1) is 11.3 Å². The molecule has 0 spiro atoms. The van der Waals surface area contributed by atoms with E-state index in [1.807, 2.05) is 38.4 Å². The number of hydrogen-bond donors (Lipinski definition) is 2. The first-order valence-corrected chi connectivity index (χ1v) is 10.8. The van der Waals surface area contributed by atoms with Crippen molar-refractivity contribution >= 4 is 35.3 Å². The lowest BCUT2D eigenvalue weighted by Gasteiger charge is -2.07. The fraction of sp³-hybridized carbons (Fsp3) is 0.238. The van der Waals surface area contributed by atoms with Gasteiger partial charge in [-0.3, -0.25) is 9.59 Å². The second-order valence-electron chi connectivity index (χ2n) is 6.61. The summed E-state index contributed by atoms with van der Waals surface area (Å²) < 4.78 is 6.30. The van der Waals surface area contributed by atoms with E-state index in [4.69, 9.17) is 4.74 Å². The van der Waals surface area contributed by atoms with Gasteiger partial charge in [0.2, 0.25) is 0 Å². The molecule has 152 valence electrons. The first kappa shape index (κ1) is 21.2. The van der Waals surface area contributed by atoms with E-state index >= 15 is 0 Å². The zero-order valence-corrected chi connectivity index (χ0v) is 18.2. The average Bonchev–Trinajstić information content (AvgIpc) is 3.13. The first-order valence-electron chi connectivity index (χ1n) is 9.02. The zero-order chi connectivity index (χ0) is 20.8. The van der Waals surface area contributed by atoms with Crippen LogP contribution in [-0.2, 0) is 0 Å². The van der Waals surface area contributed by atoms with Crippen LogP contribution in [0.15, 0.2) is 50.2 Å². The second-order valence-corrected chi connectivity index (χ2v) is 9.12. The van der Waals surface area contributed by atoms with Crippen molar-refractivity contribution in [3.8, 4) is 5.75 Å². The van der Waals surface area contributed by atoms with E-state index in [-0.39, 0.29) is 21.8 Å². The number of benzene rings is 1. The molecule has 0 radical (unpaired) electrons. The van der Waals surface area contributed by atoms with Crippen LogP contribution in [0.1, 0.15) is 10.4 Å². The summed E-state index contributed by atoms with van der Waals surface area (Å²) in [5, 5.41) is 0.456. The molecule has 2 N–H and O–H groups in total. The molecule has 1 aromatic carbocycles. The summed E-state index contributed by atoms with van der Waals surface area (Å²) in [5.74, 6) is 1.73. The third-order valence-electron chi connectivity index (χ3n) is 4.08. The molecule has 0 atom stereocenters. The molecule has 8 heteroatoms. The van der Waals surface area contributed by atoms with Gasteiger partial charge in [0.15, 0.2) is 0 Å². The van der Waals surface area contributed by atoms with Crippen LogP contribution in [-0.4, -0.2) is 48.4 Å². The Labute approximate surface area is 176 Å². The van der Waals surface area contributed by atoms with Crippen molar-refractivity contribution in [1.29, 1.82) is 0 Å². The van der Waals surface area contributed by atoms with Crippen LogP contribution in [0.2, 0.25) is 0 Å². The van der Waals surface area contributed by atoms with Gasteiger partial charge >= 0.3 is 0 Å². The van der Waals surface area contributed by atoms with Crippen molar-refractivity contribution in [2.45, 2.75) is 4.21 Å². The molecule has 0 aliphatic rings. The SMILES string of the molecule is COc1ccc(/C=c2/[nH]c(=O)/c(=C\c3ccc(SCCN(C)C)s3)[nH]c2=O)cc1. The molecule has 0 saturated heterocycles. The molecule has 0 fully saturated rings. The average molecular weight is 430 g/mol. The van der Waals surface area contributed by atoms with E-state index in [0.717, 1.165) is 28.5 Å². The van der Waals surface area contributed by atoms with Gasteiger partial charge in [-0.2, -0.15) is 0 Å². The van der Waals surface area contributed by atoms with Crippen molar-refractivity contribution in [1.82, 2.24) is 14.9 Å². The lowest BCUT2D eigenvalue weighted by atomic mass is 10.2. The summed E-state index contributed by atoms with van der Waals surface area (Å²) in [6.07, 6.45) is 3.34. The minimum atomic E-state index is -0.344. The third kappa shape index (κ3) is 5.96. The predicted molar refractivity (Wildman–Crippen MR) is 121 cm³/mol. The van der Waals surface area contributed by atoms with E-state index in [1.54, 1.807) is 54.5 Å². The molecular weight excluding hydrogens is 406 g/mol. The lowest BCUT2D eigenvalue weighted by Crippen LogP contribution is -2.46. The van der Waals surface area contributed by atoms with Gasteiger partial charge in [0.1, 0.15) is 16.4 Å². The normalized spacial score (nSPS) is 12.7. The number of methoxy groups -OCH3 is 1.